The lowest BCUT2D eigenvalue weighted by Gasteiger charge is -2.34. The van der Waals surface area contributed by atoms with Crippen molar-refractivity contribution in [1.82, 2.24) is 20.0 Å². The van der Waals surface area contributed by atoms with E-state index in [1.54, 1.807) is 15.8 Å². The Balaban J connectivity index is 1.72. The van der Waals surface area contributed by atoms with Crippen LogP contribution in [0.3, 0.4) is 0 Å². The fraction of sp³-hybridized carbons (Fsp3) is 0.692. The average Bonchev–Trinajstić information content (AvgIpc) is 2.78. The molecule has 19 heavy (non-hydrogen) atoms. The van der Waals surface area contributed by atoms with Crippen LogP contribution in [0.4, 0.5) is 4.79 Å². The summed E-state index contributed by atoms with van der Waals surface area (Å²) in [5.74, 6) is 0.277. The Morgan fingerprint density at radius 1 is 1.63 bits per heavy atom. The molecule has 0 saturated carbocycles. The molecule has 2 unspecified atom stereocenters. The fourth-order valence-electron chi connectivity index (χ4n) is 2.26. The van der Waals surface area contributed by atoms with E-state index in [9.17, 15) is 9.90 Å². The van der Waals surface area contributed by atoms with Crippen molar-refractivity contribution in [2.45, 2.75) is 25.9 Å². The number of β-amino-alcohol motifs (C(OH)–C–C–N with tert-alkyl or cyclic N) is 1. The van der Waals surface area contributed by atoms with Gasteiger partial charge in [-0.25, -0.2) is 4.79 Å². The van der Waals surface area contributed by atoms with Crippen molar-refractivity contribution in [1.29, 1.82) is 0 Å². The number of hydrogen-bond acceptors (Lipinski definition) is 3. The number of amides is 2. The van der Waals surface area contributed by atoms with Crippen LogP contribution >= 0.6 is 0 Å². The second kappa shape index (κ2) is 6.06. The van der Waals surface area contributed by atoms with Gasteiger partial charge in [0.2, 0.25) is 0 Å². The van der Waals surface area contributed by atoms with Gasteiger partial charge in [-0.3, -0.25) is 4.68 Å². The first-order chi connectivity index (χ1) is 9.06. The van der Waals surface area contributed by atoms with Crippen LogP contribution in [-0.4, -0.2) is 51.6 Å². The third kappa shape index (κ3) is 3.70. The third-order valence-electron chi connectivity index (χ3n) is 3.65. The number of aryl methyl sites for hydroxylation is 1. The van der Waals surface area contributed by atoms with E-state index in [1.165, 1.54) is 0 Å². The van der Waals surface area contributed by atoms with E-state index in [0.29, 0.717) is 13.1 Å². The molecule has 6 heteroatoms. The molecule has 0 aromatic carbocycles. The summed E-state index contributed by atoms with van der Waals surface area (Å²) in [6, 6.07) is -0.0881. The number of urea groups is 1. The summed E-state index contributed by atoms with van der Waals surface area (Å²) in [4.78, 5) is 13.6. The topological polar surface area (TPSA) is 70.4 Å². The van der Waals surface area contributed by atoms with Gasteiger partial charge in [-0.2, -0.15) is 5.10 Å². The fourth-order valence-corrected chi connectivity index (χ4v) is 2.26. The SMILES string of the molecule is CC1CCN(C(=O)NCCc2cnn(C)c2)CC1O. The van der Waals surface area contributed by atoms with Gasteiger partial charge in [0.25, 0.3) is 0 Å². The van der Waals surface area contributed by atoms with E-state index in [-0.39, 0.29) is 11.9 Å². The molecule has 0 bridgehead atoms. The van der Waals surface area contributed by atoms with Crippen LogP contribution in [-0.2, 0) is 13.5 Å². The van der Waals surface area contributed by atoms with Gasteiger partial charge >= 0.3 is 6.03 Å². The van der Waals surface area contributed by atoms with Crippen molar-refractivity contribution < 1.29 is 9.90 Å². The summed E-state index contributed by atoms with van der Waals surface area (Å²) in [5, 5.41) is 16.7. The van der Waals surface area contributed by atoms with E-state index >= 15 is 0 Å². The van der Waals surface area contributed by atoms with E-state index in [1.807, 2.05) is 20.2 Å². The zero-order valence-electron chi connectivity index (χ0n) is 11.5. The molecule has 1 aliphatic heterocycles. The highest BCUT2D eigenvalue weighted by Gasteiger charge is 2.26. The van der Waals surface area contributed by atoms with Crippen molar-refractivity contribution in [3.8, 4) is 0 Å². The molecule has 2 heterocycles. The Morgan fingerprint density at radius 2 is 2.42 bits per heavy atom. The van der Waals surface area contributed by atoms with Crippen molar-refractivity contribution in [2.24, 2.45) is 13.0 Å². The minimum Gasteiger partial charge on any atom is -0.391 e. The Labute approximate surface area is 113 Å². The van der Waals surface area contributed by atoms with E-state index in [0.717, 1.165) is 24.9 Å². The van der Waals surface area contributed by atoms with Crippen molar-refractivity contribution in [3.63, 3.8) is 0 Å². The number of aliphatic hydroxyl groups excluding tert-OH is 1. The summed E-state index contributed by atoms with van der Waals surface area (Å²) in [6.45, 7) is 3.76. The minimum absolute atomic E-state index is 0.0881. The van der Waals surface area contributed by atoms with E-state index < -0.39 is 6.10 Å². The number of nitrogens with one attached hydrogen (secondary N) is 1. The van der Waals surface area contributed by atoms with Gasteiger partial charge in [-0.15, -0.1) is 0 Å². The minimum atomic E-state index is -0.405. The zero-order valence-corrected chi connectivity index (χ0v) is 11.5. The predicted molar refractivity (Wildman–Crippen MR) is 71.7 cm³/mol. The molecule has 2 rings (SSSR count). The zero-order chi connectivity index (χ0) is 13.8. The van der Waals surface area contributed by atoms with Crippen molar-refractivity contribution in [2.75, 3.05) is 19.6 Å². The Kier molecular flexibility index (Phi) is 4.42. The number of aromatic nitrogens is 2. The van der Waals surface area contributed by atoms with Crippen molar-refractivity contribution in [3.05, 3.63) is 18.0 Å². The van der Waals surface area contributed by atoms with Gasteiger partial charge in [0.05, 0.1) is 12.3 Å². The highest BCUT2D eigenvalue weighted by molar-refractivity contribution is 5.74. The summed E-state index contributed by atoms with van der Waals surface area (Å²) in [6.07, 6.45) is 4.97. The molecular weight excluding hydrogens is 244 g/mol. The third-order valence-corrected chi connectivity index (χ3v) is 3.65. The predicted octanol–water partition coefficient (Wildman–Crippen LogP) is 0.375. The molecular formula is C13H22N4O2. The monoisotopic (exact) mass is 266 g/mol. The number of rotatable bonds is 3. The molecule has 1 aliphatic rings. The first-order valence-corrected chi connectivity index (χ1v) is 6.74. The van der Waals surface area contributed by atoms with Crippen molar-refractivity contribution >= 4 is 6.03 Å². The normalized spacial score (nSPS) is 23.4. The average molecular weight is 266 g/mol. The number of nitrogens with zero attached hydrogens (tertiary/aromatic N) is 3. The Hall–Kier alpha value is -1.56. The second-order valence-corrected chi connectivity index (χ2v) is 5.28. The largest absolute Gasteiger partial charge is 0.391 e. The maximum atomic E-state index is 11.9. The molecule has 1 aromatic heterocycles. The van der Waals surface area contributed by atoms with Crippen LogP contribution in [0.5, 0.6) is 0 Å². The van der Waals surface area contributed by atoms with E-state index in [2.05, 4.69) is 10.4 Å². The van der Waals surface area contributed by atoms with Crippen LogP contribution in [0.15, 0.2) is 12.4 Å². The standard InChI is InChI=1S/C13H22N4O2/c1-10-4-6-17(9-12(10)18)13(19)14-5-3-11-7-15-16(2)8-11/h7-8,10,12,18H,3-6,9H2,1-2H3,(H,14,19). The smallest absolute Gasteiger partial charge is 0.317 e. The first-order valence-electron chi connectivity index (χ1n) is 6.74. The second-order valence-electron chi connectivity index (χ2n) is 5.28. The van der Waals surface area contributed by atoms with Crippen LogP contribution in [0, 0.1) is 5.92 Å². The summed E-state index contributed by atoms with van der Waals surface area (Å²) < 4.78 is 1.75. The van der Waals surface area contributed by atoms with Gasteiger partial charge in [-0.05, 0) is 24.3 Å². The van der Waals surface area contributed by atoms with Gasteiger partial charge in [-0.1, -0.05) is 6.92 Å². The van der Waals surface area contributed by atoms with Gasteiger partial charge < -0.3 is 15.3 Å². The number of likely N-dealkylation sites (tertiary alicyclic amines) is 1. The molecule has 6 nitrogen and oxygen atoms in total. The highest BCUT2D eigenvalue weighted by Crippen LogP contribution is 2.16. The van der Waals surface area contributed by atoms with Gasteiger partial charge in [0, 0.05) is 32.9 Å². The van der Waals surface area contributed by atoms with Crippen LogP contribution in [0.25, 0.3) is 0 Å². The maximum absolute atomic E-state index is 11.9. The summed E-state index contributed by atoms with van der Waals surface area (Å²) in [7, 11) is 1.87. The number of aliphatic hydroxyl groups is 1. The van der Waals surface area contributed by atoms with E-state index in [4.69, 9.17) is 0 Å². The molecule has 2 amide bonds. The molecule has 1 aromatic rings. The molecule has 2 N–H and O–H groups in total. The summed E-state index contributed by atoms with van der Waals surface area (Å²) >= 11 is 0. The quantitative estimate of drug-likeness (QED) is 0.830. The molecule has 1 fully saturated rings. The first kappa shape index (κ1) is 13.9. The molecule has 106 valence electrons. The number of hydrogen-bond donors (Lipinski definition) is 2. The molecule has 0 aliphatic carbocycles. The summed E-state index contributed by atoms with van der Waals surface area (Å²) in [5.41, 5.74) is 1.11. The highest BCUT2D eigenvalue weighted by atomic mass is 16.3. The lowest BCUT2D eigenvalue weighted by molar-refractivity contribution is 0.0436. The van der Waals surface area contributed by atoms with Gasteiger partial charge in [0.1, 0.15) is 0 Å². The number of piperidine rings is 1. The Morgan fingerprint density at radius 3 is 3.05 bits per heavy atom. The van der Waals surface area contributed by atoms with Gasteiger partial charge in [0.15, 0.2) is 0 Å². The molecule has 0 radical (unpaired) electrons. The lowest BCUT2D eigenvalue weighted by Crippen LogP contribution is -2.49. The molecule has 1 saturated heterocycles. The van der Waals surface area contributed by atoms with Crippen LogP contribution in [0.1, 0.15) is 18.9 Å². The number of carbonyl (C=O) groups excluding carboxylic acids is 1. The lowest BCUT2D eigenvalue weighted by atomic mass is 9.96. The maximum Gasteiger partial charge on any atom is 0.317 e. The van der Waals surface area contributed by atoms with Crippen LogP contribution in [0.2, 0.25) is 0 Å². The van der Waals surface area contributed by atoms with Crippen LogP contribution < -0.4 is 5.32 Å². The number of carbonyl (C=O) groups is 1. The molecule has 0 spiro atoms. The molecule has 2 atom stereocenters. The Bertz CT molecular complexity index is 432.